The van der Waals surface area contributed by atoms with E-state index in [2.05, 4.69) is 35.0 Å². The Kier molecular flexibility index (Phi) is 20.4. The lowest BCUT2D eigenvalue weighted by molar-refractivity contribution is -0.144. The van der Waals surface area contributed by atoms with Crippen LogP contribution in [0.2, 0.25) is 0 Å². The summed E-state index contributed by atoms with van der Waals surface area (Å²) in [5, 5.41) is 1.10. The number of ether oxygens (including phenoxy) is 2. The van der Waals surface area contributed by atoms with E-state index >= 15 is 0 Å². The zero-order chi connectivity index (χ0) is 17.7. The van der Waals surface area contributed by atoms with E-state index in [-0.39, 0.29) is 5.97 Å². The molecule has 0 aliphatic carbocycles. The molecule has 0 spiro atoms. The highest BCUT2D eigenvalue weighted by molar-refractivity contribution is 9.09. The fourth-order valence-corrected chi connectivity index (χ4v) is 2.73. The molecule has 0 aliphatic heterocycles. The van der Waals surface area contributed by atoms with Gasteiger partial charge in [0, 0.05) is 25.0 Å². The molecule has 0 aromatic carbocycles. The number of unbranched alkanes of at least 4 members (excludes halogenated alkanes) is 7. The van der Waals surface area contributed by atoms with Crippen molar-refractivity contribution >= 4 is 21.9 Å². The van der Waals surface area contributed by atoms with Crippen molar-refractivity contribution < 1.29 is 14.3 Å². The molecule has 0 aromatic heterocycles. The molecule has 0 amide bonds. The number of hydrogen-bond donors (Lipinski definition) is 0. The zero-order valence-corrected chi connectivity index (χ0v) is 17.2. The molecule has 142 valence electrons. The second-order valence-corrected chi connectivity index (χ2v) is 6.92. The monoisotopic (exact) mass is 404 g/mol. The minimum absolute atomic E-state index is 0.0809. The van der Waals surface area contributed by atoms with Gasteiger partial charge >= 0.3 is 5.97 Å². The Hall–Kier alpha value is -0.350. The number of hydrogen-bond acceptors (Lipinski definition) is 3. The minimum Gasteiger partial charge on any atom is -0.466 e. The third-order valence-corrected chi connectivity index (χ3v) is 4.33. The summed E-state index contributed by atoms with van der Waals surface area (Å²) in [6.45, 7) is 4.18. The molecule has 0 saturated carbocycles. The molecule has 0 heterocycles. The van der Waals surface area contributed by atoms with Crippen LogP contribution >= 0.6 is 15.9 Å². The fraction of sp³-hybridized carbons (Fsp3) is 0.850. The quantitative estimate of drug-likeness (QED) is 0.118. The molecule has 24 heavy (non-hydrogen) atoms. The SMILES string of the molecule is CC/C=C\CCCCOCCCC(=O)OCCCCCCCCBr. The lowest BCUT2D eigenvalue weighted by atomic mass is 10.1. The van der Waals surface area contributed by atoms with Gasteiger partial charge in [-0.15, -0.1) is 0 Å². The predicted molar refractivity (Wildman–Crippen MR) is 106 cm³/mol. The molecule has 0 bridgehead atoms. The molecule has 4 heteroatoms. The summed E-state index contributed by atoms with van der Waals surface area (Å²) >= 11 is 3.44. The first-order valence-corrected chi connectivity index (χ1v) is 10.9. The third kappa shape index (κ3) is 19.7. The van der Waals surface area contributed by atoms with Crippen molar-refractivity contribution in [1.29, 1.82) is 0 Å². The Balaban J connectivity index is 3.17. The zero-order valence-electron chi connectivity index (χ0n) is 15.6. The Morgan fingerprint density at radius 1 is 0.833 bits per heavy atom. The molecule has 0 atom stereocenters. The molecule has 3 nitrogen and oxygen atoms in total. The van der Waals surface area contributed by atoms with Gasteiger partial charge in [-0.3, -0.25) is 4.79 Å². The van der Waals surface area contributed by atoms with Gasteiger partial charge in [-0.25, -0.2) is 0 Å². The van der Waals surface area contributed by atoms with Gasteiger partial charge in [-0.2, -0.15) is 0 Å². The lowest BCUT2D eigenvalue weighted by Gasteiger charge is -2.06. The summed E-state index contributed by atoms with van der Waals surface area (Å²) in [4.78, 5) is 11.6. The minimum atomic E-state index is -0.0809. The summed E-state index contributed by atoms with van der Waals surface area (Å²) in [6.07, 6.45) is 17.4. The number of carbonyl (C=O) groups excluding carboxylic acids is 1. The van der Waals surface area contributed by atoms with Crippen LogP contribution in [0, 0.1) is 0 Å². The maximum absolute atomic E-state index is 11.6. The summed E-state index contributed by atoms with van der Waals surface area (Å²) < 4.78 is 10.8. The summed E-state index contributed by atoms with van der Waals surface area (Å²) in [5.74, 6) is -0.0809. The largest absolute Gasteiger partial charge is 0.466 e. The van der Waals surface area contributed by atoms with Crippen molar-refractivity contribution in [3.8, 4) is 0 Å². The van der Waals surface area contributed by atoms with E-state index in [1.54, 1.807) is 0 Å². The molecule has 0 aromatic rings. The number of rotatable bonds is 18. The Morgan fingerprint density at radius 3 is 2.25 bits per heavy atom. The smallest absolute Gasteiger partial charge is 0.305 e. The van der Waals surface area contributed by atoms with Crippen molar-refractivity contribution in [3.63, 3.8) is 0 Å². The maximum Gasteiger partial charge on any atom is 0.305 e. The number of esters is 1. The van der Waals surface area contributed by atoms with E-state index in [4.69, 9.17) is 9.47 Å². The normalized spacial score (nSPS) is 11.2. The number of halogens is 1. The van der Waals surface area contributed by atoms with Crippen LogP contribution in [0.5, 0.6) is 0 Å². The van der Waals surface area contributed by atoms with Crippen LogP contribution in [-0.4, -0.2) is 31.1 Å². The van der Waals surface area contributed by atoms with Crippen LogP contribution < -0.4 is 0 Å². The molecule has 0 saturated heterocycles. The van der Waals surface area contributed by atoms with Crippen LogP contribution in [0.15, 0.2) is 12.2 Å². The molecule has 0 unspecified atom stereocenters. The molecule has 0 aliphatic rings. The van der Waals surface area contributed by atoms with Crippen LogP contribution in [-0.2, 0) is 14.3 Å². The lowest BCUT2D eigenvalue weighted by Crippen LogP contribution is -2.07. The van der Waals surface area contributed by atoms with Gasteiger partial charge in [-0.1, -0.05) is 60.7 Å². The highest BCUT2D eigenvalue weighted by atomic mass is 79.9. The number of carbonyl (C=O) groups is 1. The van der Waals surface area contributed by atoms with Crippen molar-refractivity contribution in [2.45, 2.75) is 84.0 Å². The highest BCUT2D eigenvalue weighted by Crippen LogP contribution is 2.07. The van der Waals surface area contributed by atoms with Crippen LogP contribution in [0.1, 0.15) is 84.0 Å². The van der Waals surface area contributed by atoms with Gasteiger partial charge in [0.1, 0.15) is 0 Å². The molecule has 0 rings (SSSR count). The fourth-order valence-electron chi connectivity index (χ4n) is 2.33. The molecule has 0 radical (unpaired) electrons. The second kappa shape index (κ2) is 20.7. The van der Waals surface area contributed by atoms with Crippen LogP contribution in [0.3, 0.4) is 0 Å². The van der Waals surface area contributed by atoms with E-state index in [9.17, 15) is 4.79 Å². The first-order chi connectivity index (χ1) is 11.8. The number of allylic oxidation sites excluding steroid dienone is 2. The Bertz CT molecular complexity index is 293. The average Bonchev–Trinajstić information content (AvgIpc) is 2.59. The van der Waals surface area contributed by atoms with Crippen LogP contribution in [0.25, 0.3) is 0 Å². The van der Waals surface area contributed by atoms with E-state index in [0.717, 1.165) is 50.5 Å². The van der Waals surface area contributed by atoms with Crippen LogP contribution in [0.4, 0.5) is 0 Å². The third-order valence-electron chi connectivity index (χ3n) is 3.77. The highest BCUT2D eigenvalue weighted by Gasteiger charge is 2.02. The number of alkyl halides is 1. The van der Waals surface area contributed by atoms with Crippen molar-refractivity contribution in [1.82, 2.24) is 0 Å². The van der Waals surface area contributed by atoms with Gasteiger partial charge in [0.15, 0.2) is 0 Å². The predicted octanol–water partition coefficient (Wildman–Crippen LogP) is 6.20. The standard InChI is InChI=1S/C20H37BrO3/c1-2-3-4-5-9-12-17-23-18-14-15-20(22)24-19-13-10-7-6-8-11-16-21/h3-4H,2,5-19H2,1H3/b4-3-. The van der Waals surface area contributed by atoms with E-state index in [0.29, 0.717) is 19.6 Å². The first kappa shape index (κ1) is 23.6. The van der Waals surface area contributed by atoms with Gasteiger partial charge in [0.05, 0.1) is 6.61 Å². The van der Waals surface area contributed by atoms with Crippen molar-refractivity contribution in [3.05, 3.63) is 12.2 Å². The van der Waals surface area contributed by atoms with Gasteiger partial charge in [-0.05, 0) is 44.9 Å². The Morgan fingerprint density at radius 2 is 1.50 bits per heavy atom. The topological polar surface area (TPSA) is 35.5 Å². The van der Waals surface area contributed by atoms with Gasteiger partial charge in [0.25, 0.3) is 0 Å². The van der Waals surface area contributed by atoms with E-state index in [1.165, 1.54) is 32.1 Å². The van der Waals surface area contributed by atoms with Crippen molar-refractivity contribution in [2.75, 3.05) is 25.2 Å². The second-order valence-electron chi connectivity index (χ2n) is 6.12. The molecule has 0 fully saturated rings. The summed E-state index contributed by atoms with van der Waals surface area (Å²) in [6, 6.07) is 0. The molecular formula is C20H37BrO3. The van der Waals surface area contributed by atoms with Crippen molar-refractivity contribution in [2.24, 2.45) is 0 Å². The van der Waals surface area contributed by atoms with E-state index in [1.807, 2.05) is 0 Å². The summed E-state index contributed by atoms with van der Waals surface area (Å²) in [5.41, 5.74) is 0. The summed E-state index contributed by atoms with van der Waals surface area (Å²) in [7, 11) is 0. The molecular weight excluding hydrogens is 368 g/mol. The van der Waals surface area contributed by atoms with Gasteiger partial charge < -0.3 is 9.47 Å². The Labute approximate surface area is 157 Å². The molecule has 0 N–H and O–H groups in total. The first-order valence-electron chi connectivity index (χ1n) is 9.75. The maximum atomic E-state index is 11.6. The van der Waals surface area contributed by atoms with Gasteiger partial charge in [0.2, 0.25) is 0 Å². The average molecular weight is 405 g/mol. The van der Waals surface area contributed by atoms with E-state index < -0.39 is 0 Å².